The van der Waals surface area contributed by atoms with Gasteiger partial charge in [-0.1, -0.05) is 36.4 Å². The predicted molar refractivity (Wildman–Crippen MR) is 70.9 cm³/mol. The van der Waals surface area contributed by atoms with Gasteiger partial charge in [-0.3, -0.25) is 4.98 Å². The van der Waals surface area contributed by atoms with Crippen LogP contribution in [0.4, 0.5) is 0 Å². The van der Waals surface area contributed by atoms with Crippen molar-refractivity contribution in [3.63, 3.8) is 0 Å². The second-order valence-electron chi connectivity index (χ2n) is 4.30. The van der Waals surface area contributed by atoms with E-state index in [-0.39, 0.29) is 0 Å². The van der Waals surface area contributed by atoms with Crippen molar-refractivity contribution in [3.8, 4) is 0 Å². The summed E-state index contributed by atoms with van der Waals surface area (Å²) in [5.41, 5.74) is 1.78. The minimum Gasteiger partial charge on any atom is -0.478 e. The van der Waals surface area contributed by atoms with E-state index in [2.05, 4.69) is 4.98 Å². The molecule has 0 spiro atoms. The van der Waals surface area contributed by atoms with Crippen molar-refractivity contribution in [2.45, 2.75) is 6.92 Å². The van der Waals surface area contributed by atoms with Crippen molar-refractivity contribution < 1.29 is 9.90 Å². The van der Waals surface area contributed by atoms with Crippen LogP contribution in [0.5, 0.6) is 0 Å². The molecule has 0 amide bonds. The van der Waals surface area contributed by atoms with Crippen molar-refractivity contribution in [1.82, 2.24) is 4.98 Å². The van der Waals surface area contributed by atoms with Gasteiger partial charge in [0.25, 0.3) is 0 Å². The molecule has 0 aliphatic carbocycles. The van der Waals surface area contributed by atoms with Crippen LogP contribution >= 0.6 is 0 Å². The molecule has 0 fully saturated rings. The Balaban J connectivity index is 2.55. The Morgan fingerprint density at radius 2 is 1.89 bits per heavy atom. The first kappa shape index (κ1) is 10.7. The molecule has 3 aromatic rings. The summed E-state index contributed by atoms with van der Waals surface area (Å²) in [6.07, 6.45) is 0. The number of hydrogen-bond donors (Lipinski definition) is 1. The Kier molecular flexibility index (Phi) is 2.27. The Hall–Kier alpha value is -2.42. The number of fused-ring (bicyclic) bond motifs is 3. The zero-order chi connectivity index (χ0) is 12.7. The molecule has 3 nitrogen and oxygen atoms in total. The molecule has 0 bridgehead atoms. The smallest absolute Gasteiger partial charge is 0.336 e. The number of benzene rings is 2. The largest absolute Gasteiger partial charge is 0.478 e. The Morgan fingerprint density at radius 1 is 1.11 bits per heavy atom. The standard InChI is InChI=1S/C15H11NO2/c1-9-8-13(15(17)18)12-7-6-10-4-2-3-5-11(10)14(12)16-9/h2-8H,1H3,(H,17,18). The van der Waals surface area contributed by atoms with E-state index in [9.17, 15) is 9.90 Å². The highest BCUT2D eigenvalue weighted by molar-refractivity contribution is 6.12. The number of nitrogens with zero attached hydrogens (tertiary/aromatic N) is 1. The summed E-state index contributed by atoms with van der Waals surface area (Å²) in [4.78, 5) is 15.8. The van der Waals surface area contributed by atoms with Crippen LogP contribution in [-0.4, -0.2) is 16.1 Å². The van der Waals surface area contributed by atoms with Gasteiger partial charge >= 0.3 is 5.97 Å². The van der Waals surface area contributed by atoms with Crippen LogP contribution in [0.15, 0.2) is 42.5 Å². The number of aromatic carboxylic acids is 1. The number of pyridine rings is 1. The highest BCUT2D eigenvalue weighted by Crippen LogP contribution is 2.26. The van der Waals surface area contributed by atoms with Gasteiger partial charge in [-0.2, -0.15) is 0 Å². The van der Waals surface area contributed by atoms with Gasteiger partial charge in [0.1, 0.15) is 0 Å². The van der Waals surface area contributed by atoms with Gasteiger partial charge in [0.15, 0.2) is 0 Å². The van der Waals surface area contributed by atoms with Crippen LogP contribution in [0.2, 0.25) is 0 Å². The molecular weight excluding hydrogens is 226 g/mol. The molecular formula is C15H11NO2. The molecule has 1 N–H and O–H groups in total. The van der Waals surface area contributed by atoms with Gasteiger partial charge in [-0.05, 0) is 18.4 Å². The van der Waals surface area contributed by atoms with E-state index in [1.54, 1.807) is 6.07 Å². The third-order valence-electron chi connectivity index (χ3n) is 3.06. The van der Waals surface area contributed by atoms with E-state index in [1.165, 1.54) is 0 Å². The Bertz CT molecular complexity index is 778. The summed E-state index contributed by atoms with van der Waals surface area (Å²) in [5, 5.41) is 12.0. The number of hydrogen-bond acceptors (Lipinski definition) is 2. The van der Waals surface area contributed by atoms with E-state index in [0.717, 1.165) is 22.0 Å². The normalized spacial score (nSPS) is 10.9. The van der Waals surface area contributed by atoms with Crippen LogP contribution < -0.4 is 0 Å². The molecule has 0 aliphatic rings. The number of carboxylic acids is 1. The number of aryl methyl sites for hydroxylation is 1. The summed E-state index contributed by atoms with van der Waals surface area (Å²) >= 11 is 0. The van der Waals surface area contributed by atoms with Crippen LogP contribution in [0.3, 0.4) is 0 Å². The molecule has 3 rings (SSSR count). The number of aromatic nitrogens is 1. The fourth-order valence-corrected chi connectivity index (χ4v) is 2.27. The van der Waals surface area contributed by atoms with E-state index >= 15 is 0 Å². The topological polar surface area (TPSA) is 50.2 Å². The summed E-state index contributed by atoms with van der Waals surface area (Å²) in [6.45, 7) is 1.81. The first-order chi connectivity index (χ1) is 8.66. The summed E-state index contributed by atoms with van der Waals surface area (Å²) in [7, 11) is 0. The van der Waals surface area contributed by atoms with Crippen molar-refractivity contribution in [1.29, 1.82) is 0 Å². The quantitative estimate of drug-likeness (QED) is 0.660. The van der Waals surface area contributed by atoms with Gasteiger partial charge in [0.2, 0.25) is 0 Å². The molecule has 0 saturated carbocycles. The van der Waals surface area contributed by atoms with E-state index < -0.39 is 5.97 Å². The molecule has 0 radical (unpaired) electrons. The highest BCUT2D eigenvalue weighted by atomic mass is 16.4. The average molecular weight is 237 g/mol. The zero-order valence-electron chi connectivity index (χ0n) is 9.84. The third kappa shape index (κ3) is 1.52. The predicted octanol–water partition coefficient (Wildman–Crippen LogP) is 3.39. The van der Waals surface area contributed by atoms with Crippen molar-refractivity contribution in [3.05, 3.63) is 53.7 Å². The third-order valence-corrected chi connectivity index (χ3v) is 3.06. The van der Waals surface area contributed by atoms with Crippen molar-refractivity contribution in [2.24, 2.45) is 0 Å². The number of rotatable bonds is 1. The molecule has 1 heterocycles. The first-order valence-corrected chi connectivity index (χ1v) is 5.69. The van der Waals surface area contributed by atoms with Crippen LogP contribution in [0.25, 0.3) is 21.7 Å². The molecule has 18 heavy (non-hydrogen) atoms. The van der Waals surface area contributed by atoms with Gasteiger partial charge in [0, 0.05) is 16.5 Å². The minimum atomic E-state index is -0.916. The highest BCUT2D eigenvalue weighted by Gasteiger charge is 2.12. The number of carbonyl (C=O) groups is 1. The summed E-state index contributed by atoms with van der Waals surface area (Å²) in [5.74, 6) is -0.916. The fraction of sp³-hybridized carbons (Fsp3) is 0.0667. The van der Waals surface area contributed by atoms with Gasteiger partial charge in [-0.25, -0.2) is 4.79 Å². The lowest BCUT2D eigenvalue weighted by molar-refractivity contribution is 0.0699. The van der Waals surface area contributed by atoms with Crippen LogP contribution in [0.1, 0.15) is 16.1 Å². The SMILES string of the molecule is Cc1cc(C(=O)O)c2ccc3ccccc3c2n1. The average Bonchev–Trinajstić information content (AvgIpc) is 2.37. The second kappa shape index (κ2) is 3.81. The molecule has 1 aromatic heterocycles. The Labute approximate surface area is 104 Å². The molecule has 0 aliphatic heterocycles. The maximum atomic E-state index is 11.3. The van der Waals surface area contributed by atoms with Crippen LogP contribution in [-0.2, 0) is 0 Å². The lowest BCUT2D eigenvalue weighted by Crippen LogP contribution is -2.00. The van der Waals surface area contributed by atoms with Crippen LogP contribution in [0, 0.1) is 6.92 Å². The fourth-order valence-electron chi connectivity index (χ4n) is 2.27. The van der Waals surface area contributed by atoms with Gasteiger partial charge in [-0.15, -0.1) is 0 Å². The van der Waals surface area contributed by atoms with Crippen molar-refractivity contribution in [2.75, 3.05) is 0 Å². The molecule has 0 unspecified atom stereocenters. The Morgan fingerprint density at radius 3 is 2.67 bits per heavy atom. The number of carboxylic acid groups (broad SMARTS) is 1. The van der Waals surface area contributed by atoms with E-state index in [1.807, 2.05) is 43.3 Å². The zero-order valence-corrected chi connectivity index (χ0v) is 9.84. The summed E-state index contributed by atoms with van der Waals surface area (Å²) in [6, 6.07) is 13.2. The lowest BCUT2D eigenvalue weighted by Gasteiger charge is -2.07. The monoisotopic (exact) mass is 237 g/mol. The second-order valence-corrected chi connectivity index (χ2v) is 4.30. The van der Waals surface area contributed by atoms with Crippen molar-refractivity contribution >= 4 is 27.6 Å². The lowest BCUT2D eigenvalue weighted by atomic mass is 10.0. The van der Waals surface area contributed by atoms with E-state index in [4.69, 9.17) is 0 Å². The van der Waals surface area contributed by atoms with E-state index in [0.29, 0.717) is 10.9 Å². The molecule has 0 saturated heterocycles. The maximum absolute atomic E-state index is 11.3. The first-order valence-electron chi connectivity index (χ1n) is 5.69. The summed E-state index contributed by atoms with van der Waals surface area (Å²) < 4.78 is 0. The molecule has 88 valence electrons. The maximum Gasteiger partial charge on any atom is 0.336 e. The molecule has 3 heteroatoms. The molecule has 2 aromatic carbocycles. The van der Waals surface area contributed by atoms with Gasteiger partial charge < -0.3 is 5.11 Å². The molecule has 0 atom stereocenters. The van der Waals surface area contributed by atoms with Gasteiger partial charge in [0.05, 0.1) is 11.1 Å². The minimum absolute atomic E-state index is 0.309.